The number of aromatic nitrogens is 6. The van der Waals surface area contributed by atoms with E-state index in [0.717, 1.165) is 34.6 Å². The average Bonchev–Trinajstić information content (AvgIpc) is 3.01. The molecule has 250 valence electrons. The Balaban J connectivity index is 1.32. The topological polar surface area (TPSA) is 140 Å². The number of aliphatic hydroxyl groups is 1. The molecular formula is C35H39FN8O4. The Labute approximate surface area is 276 Å². The number of fused-ring (bicyclic) bond motifs is 1. The molecule has 1 saturated heterocycles. The fourth-order valence-electron chi connectivity index (χ4n) is 5.79. The number of nitrogens with one attached hydrogen (secondary N) is 1. The van der Waals surface area contributed by atoms with Crippen molar-refractivity contribution in [1.82, 2.24) is 34.4 Å². The molecule has 48 heavy (non-hydrogen) atoms. The van der Waals surface area contributed by atoms with Crippen molar-refractivity contribution in [3.63, 3.8) is 0 Å². The van der Waals surface area contributed by atoms with Crippen LogP contribution in [0.3, 0.4) is 0 Å². The van der Waals surface area contributed by atoms with E-state index in [9.17, 15) is 14.7 Å². The van der Waals surface area contributed by atoms with Crippen molar-refractivity contribution >= 4 is 22.3 Å². The number of halogens is 1. The van der Waals surface area contributed by atoms with Crippen LogP contribution in [-0.2, 0) is 19.1 Å². The molecule has 6 rings (SSSR count). The van der Waals surface area contributed by atoms with Gasteiger partial charge in [0.1, 0.15) is 28.7 Å². The van der Waals surface area contributed by atoms with Gasteiger partial charge < -0.3 is 15.2 Å². The van der Waals surface area contributed by atoms with Crippen LogP contribution in [0.5, 0.6) is 5.75 Å². The number of nitrogens with zero attached hydrogens (tertiary/aromatic N) is 7. The highest BCUT2D eigenvalue weighted by atomic mass is 19.1. The van der Waals surface area contributed by atoms with E-state index in [1.165, 1.54) is 38.0 Å². The van der Waals surface area contributed by atoms with Gasteiger partial charge in [-0.1, -0.05) is 20.8 Å². The maximum absolute atomic E-state index is 15.3. The largest absolute Gasteiger partial charge is 0.485 e. The van der Waals surface area contributed by atoms with Gasteiger partial charge in [0.2, 0.25) is 0 Å². The van der Waals surface area contributed by atoms with Crippen molar-refractivity contribution in [3.8, 4) is 22.8 Å². The van der Waals surface area contributed by atoms with Crippen molar-refractivity contribution < 1.29 is 14.2 Å². The maximum atomic E-state index is 15.3. The van der Waals surface area contributed by atoms with Gasteiger partial charge >= 0.3 is 0 Å². The molecule has 0 bridgehead atoms. The van der Waals surface area contributed by atoms with Crippen LogP contribution in [0.2, 0.25) is 0 Å². The summed E-state index contributed by atoms with van der Waals surface area (Å²) in [6.07, 6.45) is 5.66. The van der Waals surface area contributed by atoms with Crippen LogP contribution in [0, 0.1) is 5.82 Å². The van der Waals surface area contributed by atoms with Gasteiger partial charge in [-0.05, 0) is 80.7 Å². The van der Waals surface area contributed by atoms with Gasteiger partial charge in [0.15, 0.2) is 5.82 Å². The SMILES string of the molecule is Cn1nc(-c2ccnc(-n3ncc4cc(C(C)(C)C)cc(F)c4c3=O)c2CO)cc(Nc2ccc(OC(C)(C)CN3CCC3)cn2)c1=O. The summed E-state index contributed by atoms with van der Waals surface area (Å²) in [5.41, 5.74) is -0.00516. The number of ether oxygens (including phenoxy) is 1. The van der Waals surface area contributed by atoms with Crippen LogP contribution < -0.4 is 21.2 Å². The average molecular weight is 655 g/mol. The van der Waals surface area contributed by atoms with E-state index < -0.39 is 29.1 Å². The first-order valence-electron chi connectivity index (χ1n) is 15.8. The van der Waals surface area contributed by atoms with Crippen LogP contribution in [0.4, 0.5) is 15.9 Å². The minimum Gasteiger partial charge on any atom is -0.485 e. The molecule has 5 aromatic rings. The normalized spacial score (nSPS) is 13.8. The smallest absolute Gasteiger partial charge is 0.290 e. The summed E-state index contributed by atoms with van der Waals surface area (Å²) in [4.78, 5) is 37.8. The van der Waals surface area contributed by atoms with E-state index in [-0.39, 0.29) is 27.9 Å². The number of pyridine rings is 2. The Morgan fingerprint density at radius 2 is 1.77 bits per heavy atom. The van der Waals surface area contributed by atoms with Crippen LogP contribution in [0.1, 0.15) is 52.2 Å². The molecule has 4 aromatic heterocycles. The van der Waals surface area contributed by atoms with Crippen LogP contribution in [0.25, 0.3) is 27.8 Å². The highest BCUT2D eigenvalue weighted by Crippen LogP contribution is 2.29. The van der Waals surface area contributed by atoms with Crippen molar-refractivity contribution in [2.24, 2.45) is 7.05 Å². The Morgan fingerprint density at radius 1 is 1.00 bits per heavy atom. The lowest BCUT2D eigenvalue weighted by atomic mass is 9.86. The van der Waals surface area contributed by atoms with Gasteiger partial charge in [-0.2, -0.15) is 14.9 Å². The molecule has 0 saturated carbocycles. The molecule has 0 atom stereocenters. The monoisotopic (exact) mass is 654 g/mol. The standard InChI is InChI=1S/C35H39FN8O4/c1-34(2,3)22-14-21-17-39-44(33(47)30(21)26(36)15-22)31-25(19-45)24(10-11-37-31)27-16-28(32(46)42(6)41-27)40-29-9-8-23(18-38-29)48-35(4,5)20-43-12-7-13-43/h8-11,14-18,45H,7,12-13,19-20H2,1-6H3,(H,38,40). The number of rotatable bonds is 9. The molecule has 13 heteroatoms. The number of likely N-dealkylation sites (tertiary alicyclic amines) is 1. The minimum atomic E-state index is -0.719. The van der Waals surface area contributed by atoms with Crippen molar-refractivity contribution in [3.05, 3.63) is 92.6 Å². The summed E-state index contributed by atoms with van der Waals surface area (Å²) in [5, 5.41) is 22.5. The molecule has 1 aliphatic heterocycles. The minimum absolute atomic E-state index is 0.0145. The van der Waals surface area contributed by atoms with Crippen LogP contribution in [-0.4, -0.2) is 64.8 Å². The molecule has 0 radical (unpaired) electrons. The molecule has 0 unspecified atom stereocenters. The summed E-state index contributed by atoms with van der Waals surface area (Å²) in [5.74, 6) is 0.372. The Kier molecular flexibility index (Phi) is 8.60. The van der Waals surface area contributed by atoms with E-state index in [1.54, 1.807) is 30.5 Å². The number of benzene rings is 1. The summed E-state index contributed by atoms with van der Waals surface area (Å²) >= 11 is 0. The maximum Gasteiger partial charge on any atom is 0.290 e. The van der Waals surface area contributed by atoms with Gasteiger partial charge in [-0.25, -0.2) is 19.0 Å². The quantitative estimate of drug-likeness (QED) is 0.234. The molecule has 1 aromatic carbocycles. The number of hydrogen-bond acceptors (Lipinski definition) is 10. The lowest BCUT2D eigenvalue weighted by molar-refractivity contribution is 0.0350. The zero-order valence-electron chi connectivity index (χ0n) is 27.9. The summed E-state index contributed by atoms with van der Waals surface area (Å²) in [7, 11) is 1.51. The van der Waals surface area contributed by atoms with Gasteiger partial charge in [0.25, 0.3) is 11.1 Å². The summed E-state index contributed by atoms with van der Waals surface area (Å²) in [6, 6.07) is 9.77. The van der Waals surface area contributed by atoms with E-state index in [1.807, 2.05) is 34.6 Å². The van der Waals surface area contributed by atoms with Gasteiger partial charge in [0.05, 0.1) is 30.1 Å². The number of aliphatic hydroxyl groups excluding tert-OH is 1. The summed E-state index contributed by atoms with van der Waals surface area (Å²) in [6.45, 7) is 12.4. The third kappa shape index (κ3) is 6.56. The van der Waals surface area contributed by atoms with Gasteiger partial charge in [0, 0.05) is 36.3 Å². The van der Waals surface area contributed by atoms with Gasteiger partial charge in [-0.15, -0.1) is 0 Å². The number of anilines is 2. The third-order valence-electron chi connectivity index (χ3n) is 8.38. The molecule has 5 heterocycles. The highest BCUT2D eigenvalue weighted by Gasteiger charge is 2.27. The van der Waals surface area contributed by atoms with E-state index in [2.05, 4.69) is 30.4 Å². The Hall–Kier alpha value is -5.01. The molecular weight excluding hydrogens is 615 g/mol. The zero-order valence-corrected chi connectivity index (χ0v) is 27.9. The first-order valence-corrected chi connectivity index (χ1v) is 15.8. The van der Waals surface area contributed by atoms with E-state index in [4.69, 9.17) is 4.74 Å². The van der Waals surface area contributed by atoms with Gasteiger partial charge in [-0.3, -0.25) is 14.5 Å². The van der Waals surface area contributed by atoms with E-state index >= 15 is 4.39 Å². The van der Waals surface area contributed by atoms with Crippen molar-refractivity contribution in [1.29, 1.82) is 0 Å². The molecule has 0 amide bonds. The molecule has 0 aliphatic carbocycles. The lowest BCUT2D eigenvalue weighted by Crippen LogP contribution is -2.48. The fraction of sp³-hybridized carbons (Fsp3) is 0.371. The van der Waals surface area contributed by atoms with Crippen molar-refractivity contribution in [2.75, 3.05) is 25.0 Å². The highest BCUT2D eigenvalue weighted by molar-refractivity contribution is 5.83. The van der Waals surface area contributed by atoms with Crippen LogP contribution in [0.15, 0.2) is 64.6 Å². The molecule has 1 fully saturated rings. The van der Waals surface area contributed by atoms with Crippen LogP contribution >= 0.6 is 0 Å². The molecule has 12 nitrogen and oxygen atoms in total. The predicted octanol–water partition coefficient (Wildman–Crippen LogP) is 4.47. The number of aryl methyl sites for hydroxylation is 1. The molecule has 0 spiro atoms. The predicted molar refractivity (Wildman–Crippen MR) is 181 cm³/mol. The lowest BCUT2D eigenvalue weighted by Gasteiger charge is -2.38. The second-order valence-electron chi connectivity index (χ2n) is 13.7. The number of hydrogen-bond donors (Lipinski definition) is 2. The second-order valence-corrected chi connectivity index (χ2v) is 13.7. The molecule has 1 aliphatic rings. The summed E-state index contributed by atoms with van der Waals surface area (Å²) < 4.78 is 23.7. The first kappa shape index (κ1) is 32.9. The first-order chi connectivity index (χ1) is 22.7. The molecule has 2 N–H and O–H groups in total. The fourth-order valence-corrected chi connectivity index (χ4v) is 5.79. The third-order valence-corrected chi connectivity index (χ3v) is 8.38. The van der Waals surface area contributed by atoms with E-state index in [0.29, 0.717) is 28.2 Å². The Morgan fingerprint density at radius 3 is 2.42 bits per heavy atom. The van der Waals surface area contributed by atoms with Crippen molar-refractivity contribution in [2.45, 2.75) is 58.7 Å². The second kappa shape index (κ2) is 12.5. The zero-order chi connectivity index (χ0) is 34.4. The Bertz CT molecular complexity index is 2120.